The Kier molecular flexibility index (Phi) is 22.8. The Hall–Kier alpha value is -7.16. The molecule has 0 bridgehead atoms. The quantitative estimate of drug-likeness (QED) is 0.0295. The molecule has 6 atom stereocenters. The maximum absolute atomic E-state index is 13.0. The summed E-state index contributed by atoms with van der Waals surface area (Å²) < 4.78 is 133. The molecular formula is C58H65N5O31P6. The first-order valence-corrected chi connectivity index (χ1v) is 38.9. The fraction of sp³-hybridized carbons (Fsp3) is 0.345. The molecule has 0 spiro atoms. The van der Waals surface area contributed by atoms with E-state index < -0.39 is 129 Å². The Bertz CT molecular complexity index is 4310. The number of carbonyl (C=O) groups excluding carboxylic acids is 5. The van der Waals surface area contributed by atoms with Crippen molar-refractivity contribution < 1.29 is 147 Å². The Labute approximate surface area is 567 Å². The van der Waals surface area contributed by atoms with E-state index in [1.807, 2.05) is 0 Å². The van der Waals surface area contributed by atoms with Gasteiger partial charge in [-0.05, 0) is 98.5 Å². The first-order valence-electron chi connectivity index (χ1n) is 29.5. The fourth-order valence-electron chi connectivity index (χ4n) is 9.92. The molecule has 0 aliphatic carbocycles. The molecular weight excluding hydrogens is 1450 g/mol. The Morgan fingerprint density at radius 1 is 0.530 bits per heavy atom. The third kappa shape index (κ3) is 16.2. The molecule has 5 aliphatic heterocycles. The molecule has 0 saturated carbocycles. The lowest BCUT2D eigenvalue weighted by Gasteiger charge is -2.41. The van der Waals surface area contributed by atoms with Crippen molar-refractivity contribution in [1.29, 1.82) is 0 Å². The van der Waals surface area contributed by atoms with Crippen LogP contribution < -0.4 is 14.2 Å². The topological polar surface area (TPSA) is 517 Å². The van der Waals surface area contributed by atoms with E-state index in [-0.39, 0.29) is 82.8 Å². The number of hydrogen-bond acceptors (Lipinski definition) is 28. The fourth-order valence-corrected chi connectivity index (χ4v) is 20.6. The maximum Gasteiger partial charge on any atom is 0.513 e. The normalized spacial score (nSPS) is 31.4. The highest BCUT2D eigenvalue weighted by Gasteiger charge is 2.70. The number of ether oxygens (including phenoxy) is 5. The predicted octanol–water partition coefficient (Wildman–Crippen LogP) is 9.02. The van der Waals surface area contributed by atoms with Crippen molar-refractivity contribution >= 4 is 75.9 Å². The summed E-state index contributed by atoms with van der Waals surface area (Å²) in [5.41, 5.74) is 0.865. The van der Waals surface area contributed by atoms with Crippen molar-refractivity contribution in [3.05, 3.63) is 179 Å². The van der Waals surface area contributed by atoms with Crippen LogP contribution in [0.15, 0.2) is 134 Å². The van der Waals surface area contributed by atoms with Crippen LogP contribution in [-0.2, 0) is 88.1 Å². The molecule has 3 aromatic carbocycles. The summed E-state index contributed by atoms with van der Waals surface area (Å²) >= 11 is 0. The standard InChI is InChI=1S/C21H24N2O10P2.C19H20N2O11P2.C18H21NO10P2/c1-20(2)9-11-23(18(20)24)19(25)31-16-7-5-15(6-8-16)17-32-34(27,28)21(26,35(29,30)33-17)12-14-4-3-10-22-13-14;1-12-4-5-15(30-18(23)21-7-8-29-17(21)22)14(9-12)16-31-33(25,26)19(24,34(27,28)32-16)10-13-3-2-6-20-11-13;1-3-26-17(20)27-15-7-6-12(2)9-14(15)16-28-30(22,23)18(21,31(24,25)29-16)10-13-5-4-8-19-11-13/h3-8,10,13,17,26H,9,11-12H2,1-2H3,(H,27,28)(H,29,30);2-6,9,11,16,24H,7-8,10H2,1H3,(H,25,26)(H,27,28);4-9,11,16,21H,3,10H2,1-2H3,(H,22,23)(H,24,25). The summed E-state index contributed by atoms with van der Waals surface area (Å²) in [6, 6.07) is 22.4. The molecule has 6 aromatic rings. The first-order chi connectivity index (χ1) is 46.7. The zero-order chi connectivity index (χ0) is 73.2. The molecule has 8 heterocycles. The van der Waals surface area contributed by atoms with Crippen LogP contribution in [0.4, 0.5) is 19.2 Å². The number of carbonyl (C=O) groups is 5. The van der Waals surface area contributed by atoms with Gasteiger partial charge in [-0.2, -0.15) is 0 Å². The van der Waals surface area contributed by atoms with Crippen LogP contribution in [-0.4, -0.2) is 141 Å². The molecule has 3 aromatic heterocycles. The average molecular weight is 1510 g/mol. The largest absolute Gasteiger partial charge is 0.513 e. The maximum atomic E-state index is 13.0. The zero-order valence-corrected chi connectivity index (χ0v) is 58.4. The second-order valence-corrected chi connectivity index (χ2v) is 36.2. The third-order valence-corrected chi connectivity index (χ3v) is 29.3. The van der Waals surface area contributed by atoms with Gasteiger partial charge in [0.1, 0.15) is 23.9 Å². The highest BCUT2D eigenvalue weighted by Crippen LogP contribution is 2.81. The number of aliphatic hydroxyl groups is 3. The molecule has 42 heteroatoms. The van der Waals surface area contributed by atoms with Crippen LogP contribution in [0.3, 0.4) is 0 Å². The number of amides is 4. The number of pyridine rings is 3. The molecule has 5 saturated heterocycles. The van der Waals surface area contributed by atoms with Crippen molar-refractivity contribution in [3.63, 3.8) is 0 Å². The van der Waals surface area contributed by atoms with Gasteiger partial charge in [0.05, 0.1) is 24.3 Å². The van der Waals surface area contributed by atoms with Gasteiger partial charge in [-0.15, -0.1) is 0 Å². The van der Waals surface area contributed by atoms with Gasteiger partial charge < -0.3 is 68.4 Å². The van der Waals surface area contributed by atoms with E-state index in [4.69, 9.17) is 46.1 Å². The van der Waals surface area contributed by atoms with Crippen molar-refractivity contribution in [2.45, 2.75) is 94.4 Å². The number of aryl methyl sites for hydroxylation is 2. The number of likely N-dealkylation sites (tertiary alicyclic amines) is 1. The summed E-state index contributed by atoms with van der Waals surface area (Å²) in [4.78, 5) is 136. The number of nitrogens with zero attached hydrogens (tertiary/aromatic N) is 5. The lowest BCUT2D eigenvalue weighted by Crippen LogP contribution is -2.38. The van der Waals surface area contributed by atoms with Gasteiger partial charge in [0.2, 0.25) is 24.8 Å². The number of benzene rings is 3. The third-order valence-electron chi connectivity index (χ3n) is 15.5. The molecule has 0 radical (unpaired) electrons. The van der Waals surface area contributed by atoms with E-state index in [0.29, 0.717) is 22.4 Å². The monoisotopic (exact) mass is 1510 g/mol. The minimum atomic E-state index is -5.25. The van der Waals surface area contributed by atoms with Crippen LogP contribution >= 0.6 is 45.6 Å². The van der Waals surface area contributed by atoms with Crippen LogP contribution in [0.2, 0.25) is 0 Å². The zero-order valence-electron chi connectivity index (χ0n) is 53.0. The smallest absolute Gasteiger partial charge is 0.447 e. The average Bonchev–Trinajstić information content (AvgIpc) is 0.854. The van der Waals surface area contributed by atoms with E-state index in [2.05, 4.69) is 19.7 Å². The first kappa shape index (κ1) is 77.0. The van der Waals surface area contributed by atoms with Gasteiger partial charge in [0, 0.05) is 74.0 Å². The van der Waals surface area contributed by atoms with E-state index >= 15 is 0 Å². The van der Waals surface area contributed by atoms with Gasteiger partial charge in [0.25, 0.3) is 15.2 Å². The van der Waals surface area contributed by atoms with E-state index in [1.54, 1.807) is 40.7 Å². The van der Waals surface area contributed by atoms with Crippen molar-refractivity contribution in [2.75, 3.05) is 26.3 Å². The van der Waals surface area contributed by atoms with E-state index in [1.165, 1.54) is 128 Å². The van der Waals surface area contributed by atoms with E-state index in [9.17, 15) is 96.0 Å². The van der Waals surface area contributed by atoms with Gasteiger partial charge in [0.15, 0.2) is 0 Å². The van der Waals surface area contributed by atoms with Gasteiger partial charge in [-0.3, -0.25) is 74.3 Å². The predicted molar refractivity (Wildman–Crippen MR) is 339 cm³/mol. The lowest BCUT2D eigenvalue weighted by molar-refractivity contribution is -0.132. The van der Waals surface area contributed by atoms with Crippen LogP contribution in [0, 0.1) is 19.3 Å². The van der Waals surface area contributed by atoms with E-state index in [0.717, 1.165) is 4.90 Å². The summed E-state index contributed by atoms with van der Waals surface area (Å²) in [7, 11) is -31.1. The van der Waals surface area contributed by atoms with Crippen molar-refractivity contribution in [3.8, 4) is 17.2 Å². The lowest BCUT2D eigenvalue weighted by atomic mass is 9.92. The van der Waals surface area contributed by atoms with Crippen molar-refractivity contribution in [1.82, 2.24) is 24.8 Å². The Morgan fingerprint density at radius 3 is 1.27 bits per heavy atom. The van der Waals surface area contributed by atoms with Gasteiger partial charge in [-0.1, -0.05) is 67.4 Å². The summed E-state index contributed by atoms with van der Waals surface area (Å²) in [6.07, 6.45) is -3.19. The summed E-state index contributed by atoms with van der Waals surface area (Å²) in [5, 5.41) is 23.0. The molecule has 5 aliphatic rings. The van der Waals surface area contributed by atoms with Crippen LogP contribution in [0.5, 0.6) is 17.2 Å². The highest BCUT2D eigenvalue weighted by molar-refractivity contribution is 7.74. The number of cyclic esters (lactones) is 1. The molecule has 4 amide bonds. The number of aromatic nitrogens is 3. The molecule has 100 heavy (non-hydrogen) atoms. The Balaban J connectivity index is 0.000000175. The number of rotatable bonds is 13. The second-order valence-electron chi connectivity index (χ2n) is 23.2. The summed E-state index contributed by atoms with van der Waals surface area (Å²) in [5.74, 6) is -0.733. The minimum absolute atomic E-state index is 0.0135. The molecule has 36 nitrogen and oxygen atoms in total. The van der Waals surface area contributed by atoms with Crippen molar-refractivity contribution in [2.24, 2.45) is 5.41 Å². The molecule has 11 rings (SSSR count). The minimum Gasteiger partial charge on any atom is -0.447 e. The summed E-state index contributed by atoms with van der Waals surface area (Å²) in [6.45, 7) is 8.54. The second kappa shape index (κ2) is 29.7. The van der Waals surface area contributed by atoms with Gasteiger partial charge in [-0.25, -0.2) is 29.0 Å². The molecule has 538 valence electrons. The number of imide groups is 2. The number of hydrogen-bond donors (Lipinski definition) is 9. The Morgan fingerprint density at radius 2 is 0.920 bits per heavy atom. The van der Waals surface area contributed by atoms with Gasteiger partial charge >= 0.3 is 70.0 Å². The molecule has 6 unspecified atom stereocenters. The molecule has 5 fully saturated rings. The van der Waals surface area contributed by atoms with Crippen LogP contribution in [0.1, 0.15) is 90.6 Å². The highest BCUT2D eigenvalue weighted by atomic mass is 31.3. The van der Waals surface area contributed by atoms with Crippen LogP contribution in [0.25, 0.3) is 0 Å². The SMILES string of the molecule is CC1(C)CCN(C(=O)Oc2ccc(C3OP(=O)(O)C(O)(Cc4cccnc4)P(=O)(O)O3)cc2)C1=O.CCOC(=O)Oc1ccc(C)cc1C1OP(=O)(O)C(O)(Cc2cccnc2)P(=O)(O)O1.Cc1ccc(OC(=O)N2CCOC2=O)c(C2OP(=O)(O)C(O)(Cc3cccnc3)P(=O)(O)O2)c1. The molecule has 9 N–H and O–H groups in total.